The summed E-state index contributed by atoms with van der Waals surface area (Å²) in [6.45, 7) is 8.08. The van der Waals surface area contributed by atoms with Gasteiger partial charge in [-0.15, -0.1) is 0 Å². The van der Waals surface area contributed by atoms with Crippen molar-refractivity contribution in [3.05, 3.63) is 11.6 Å². The van der Waals surface area contributed by atoms with Crippen LogP contribution in [-0.4, -0.2) is 5.91 Å². The van der Waals surface area contributed by atoms with Crippen molar-refractivity contribution >= 4 is 5.91 Å². The van der Waals surface area contributed by atoms with Crippen molar-refractivity contribution in [1.29, 1.82) is 0 Å². The summed E-state index contributed by atoms with van der Waals surface area (Å²) in [5, 5.41) is 0. The minimum atomic E-state index is -0.295. The Balaban J connectivity index is 4.56. The lowest BCUT2D eigenvalue weighted by Gasteiger charge is -2.20. The Hall–Kier alpha value is -0.790. The number of carbonyl (C=O) groups excluding carboxylic acids is 1. The average Bonchev–Trinajstić information content (AvgIpc) is 1.84. The maximum atomic E-state index is 11.0. The van der Waals surface area contributed by atoms with Crippen LogP contribution in [0.4, 0.5) is 0 Å². The van der Waals surface area contributed by atoms with Gasteiger partial charge in [-0.1, -0.05) is 40.2 Å². The fourth-order valence-electron chi connectivity index (χ4n) is 1.07. The van der Waals surface area contributed by atoms with Crippen LogP contribution in [0, 0.1) is 5.41 Å². The maximum absolute atomic E-state index is 11.0. The van der Waals surface area contributed by atoms with Crippen molar-refractivity contribution in [2.24, 2.45) is 11.1 Å². The molecule has 0 bridgehead atoms. The molecule has 0 saturated carbocycles. The third-order valence-corrected chi connectivity index (χ3v) is 1.71. The molecule has 2 N–H and O–H groups in total. The number of carbonyl (C=O) groups is 1. The van der Waals surface area contributed by atoms with E-state index in [1.54, 1.807) is 0 Å². The summed E-state index contributed by atoms with van der Waals surface area (Å²) in [4.78, 5) is 11.0. The molecule has 0 rings (SSSR count). The molecule has 0 unspecified atom stereocenters. The number of amides is 1. The quantitative estimate of drug-likeness (QED) is 0.647. The van der Waals surface area contributed by atoms with Crippen molar-refractivity contribution < 1.29 is 4.79 Å². The molecule has 0 spiro atoms. The van der Waals surface area contributed by atoms with Crippen molar-refractivity contribution in [3.8, 4) is 0 Å². The van der Waals surface area contributed by atoms with Gasteiger partial charge < -0.3 is 5.73 Å². The topological polar surface area (TPSA) is 43.1 Å². The third-order valence-electron chi connectivity index (χ3n) is 1.71. The summed E-state index contributed by atoms with van der Waals surface area (Å²) in [6.07, 6.45) is 3.92. The van der Waals surface area contributed by atoms with E-state index in [0.717, 1.165) is 18.4 Å². The Morgan fingerprint density at radius 1 is 1.42 bits per heavy atom. The van der Waals surface area contributed by atoms with Crippen molar-refractivity contribution in [3.63, 3.8) is 0 Å². The first-order valence-electron chi connectivity index (χ1n) is 4.40. The summed E-state index contributed by atoms with van der Waals surface area (Å²) in [6, 6.07) is 0. The average molecular weight is 169 g/mol. The largest absolute Gasteiger partial charge is 0.366 e. The molecule has 0 aliphatic rings. The number of hydrogen-bond donors (Lipinski definition) is 1. The molecule has 0 saturated heterocycles. The molecule has 0 aromatic heterocycles. The number of hydrogen-bond acceptors (Lipinski definition) is 1. The van der Waals surface area contributed by atoms with Crippen molar-refractivity contribution in [2.45, 2.75) is 40.5 Å². The number of rotatable bonds is 3. The molecule has 12 heavy (non-hydrogen) atoms. The first-order valence-corrected chi connectivity index (χ1v) is 4.40. The van der Waals surface area contributed by atoms with Crippen LogP contribution in [0.15, 0.2) is 11.6 Å². The van der Waals surface area contributed by atoms with Gasteiger partial charge in [-0.3, -0.25) is 4.79 Å². The van der Waals surface area contributed by atoms with Gasteiger partial charge in [-0.05, 0) is 11.8 Å². The highest BCUT2D eigenvalue weighted by atomic mass is 16.1. The molecular weight excluding hydrogens is 150 g/mol. The van der Waals surface area contributed by atoms with Gasteiger partial charge in [0.2, 0.25) is 5.91 Å². The molecule has 1 amide bonds. The van der Waals surface area contributed by atoms with Gasteiger partial charge in [0, 0.05) is 5.57 Å². The van der Waals surface area contributed by atoms with E-state index in [9.17, 15) is 4.79 Å². The molecule has 0 heterocycles. The van der Waals surface area contributed by atoms with Gasteiger partial charge in [0.1, 0.15) is 0 Å². The van der Waals surface area contributed by atoms with E-state index in [-0.39, 0.29) is 11.3 Å². The van der Waals surface area contributed by atoms with Crippen LogP contribution < -0.4 is 5.73 Å². The van der Waals surface area contributed by atoms with Crippen molar-refractivity contribution in [2.75, 3.05) is 0 Å². The van der Waals surface area contributed by atoms with E-state index >= 15 is 0 Å². The smallest absolute Gasteiger partial charge is 0.244 e. The van der Waals surface area contributed by atoms with E-state index in [2.05, 4.69) is 6.92 Å². The Morgan fingerprint density at radius 3 is 2.17 bits per heavy atom. The SMILES string of the molecule is CCCC=C(C(N)=O)C(C)(C)C. The van der Waals surface area contributed by atoms with Crippen LogP contribution in [0.5, 0.6) is 0 Å². The van der Waals surface area contributed by atoms with E-state index in [1.165, 1.54) is 0 Å². The van der Waals surface area contributed by atoms with Gasteiger partial charge in [0.25, 0.3) is 0 Å². The highest BCUT2D eigenvalue weighted by Gasteiger charge is 2.20. The molecule has 70 valence electrons. The van der Waals surface area contributed by atoms with Crippen LogP contribution in [0.25, 0.3) is 0 Å². The summed E-state index contributed by atoms with van der Waals surface area (Å²) >= 11 is 0. The summed E-state index contributed by atoms with van der Waals surface area (Å²) in [7, 11) is 0. The number of primary amides is 1. The molecule has 0 fully saturated rings. The second-order valence-corrected chi connectivity index (χ2v) is 4.02. The predicted octanol–water partition coefficient (Wildman–Crippen LogP) is 2.24. The minimum absolute atomic E-state index is 0.124. The lowest BCUT2D eigenvalue weighted by atomic mass is 9.85. The number of unbranched alkanes of at least 4 members (excludes halogenated alkanes) is 1. The maximum Gasteiger partial charge on any atom is 0.244 e. The highest BCUT2D eigenvalue weighted by molar-refractivity contribution is 5.93. The van der Waals surface area contributed by atoms with Crippen LogP contribution in [-0.2, 0) is 4.79 Å². The molecule has 0 atom stereocenters. The first-order chi connectivity index (χ1) is 5.39. The standard InChI is InChI=1S/C10H19NO/c1-5-6-7-8(9(11)12)10(2,3)4/h7H,5-6H2,1-4H3,(H2,11,12). The van der Waals surface area contributed by atoms with Crippen LogP contribution in [0.2, 0.25) is 0 Å². The van der Waals surface area contributed by atoms with Crippen molar-refractivity contribution in [1.82, 2.24) is 0 Å². The zero-order valence-corrected chi connectivity index (χ0v) is 8.48. The summed E-state index contributed by atoms with van der Waals surface area (Å²) in [5.41, 5.74) is 5.87. The van der Waals surface area contributed by atoms with Gasteiger partial charge in [0.05, 0.1) is 0 Å². The summed E-state index contributed by atoms with van der Waals surface area (Å²) in [5.74, 6) is -0.295. The Kier molecular flexibility index (Phi) is 4.01. The second-order valence-electron chi connectivity index (χ2n) is 4.02. The zero-order chi connectivity index (χ0) is 9.78. The molecule has 0 aliphatic carbocycles. The molecule has 0 aromatic carbocycles. The van der Waals surface area contributed by atoms with E-state index < -0.39 is 0 Å². The molecule has 0 radical (unpaired) electrons. The van der Waals surface area contributed by atoms with Gasteiger partial charge in [-0.25, -0.2) is 0 Å². The van der Waals surface area contributed by atoms with Crippen LogP contribution in [0.3, 0.4) is 0 Å². The second kappa shape index (κ2) is 4.29. The molecule has 2 heteroatoms. The van der Waals surface area contributed by atoms with Gasteiger partial charge >= 0.3 is 0 Å². The zero-order valence-electron chi connectivity index (χ0n) is 8.48. The van der Waals surface area contributed by atoms with Crippen LogP contribution >= 0.6 is 0 Å². The molecule has 0 aromatic rings. The highest BCUT2D eigenvalue weighted by Crippen LogP contribution is 2.25. The van der Waals surface area contributed by atoms with Crippen LogP contribution in [0.1, 0.15) is 40.5 Å². The predicted molar refractivity (Wildman–Crippen MR) is 51.6 cm³/mol. The third kappa shape index (κ3) is 3.56. The molecule has 0 aliphatic heterocycles. The number of nitrogens with two attached hydrogens (primary N) is 1. The minimum Gasteiger partial charge on any atom is -0.366 e. The Labute approximate surface area is 74.8 Å². The lowest BCUT2D eigenvalue weighted by Crippen LogP contribution is -2.24. The molecule has 2 nitrogen and oxygen atoms in total. The molecular formula is C10H19NO. The van der Waals surface area contributed by atoms with E-state index in [0.29, 0.717) is 0 Å². The fraction of sp³-hybridized carbons (Fsp3) is 0.700. The normalized spacial score (nSPS) is 13.2. The fourth-order valence-corrected chi connectivity index (χ4v) is 1.07. The summed E-state index contributed by atoms with van der Waals surface area (Å²) < 4.78 is 0. The van der Waals surface area contributed by atoms with Gasteiger partial charge in [-0.2, -0.15) is 0 Å². The van der Waals surface area contributed by atoms with Gasteiger partial charge in [0.15, 0.2) is 0 Å². The Bertz CT molecular complexity index is 187. The lowest BCUT2D eigenvalue weighted by molar-refractivity contribution is -0.115. The van der Waals surface area contributed by atoms with E-state index in [1.807, 2.05) is 26.8 Å². The number of allylic oxidation sites excluding steroid dienone is 1. The Morgan fingerprint density at radius 2 is 1.92 bits per heavy atom. The first kappa shape index (κ1) is 11.2. The van der Waals surface area contributed by atoms with E-state index in [4.69, 9.17) is 5.73 Å². The monoisotopic (exact) mass is 169 g/mol.